The summed E-state index contributed by atoms with van der Waals surface area (Å²) < 4.78 is 6.88. The molecule has 0 spiro atoms. The van der Waals surface area contributed by atoms with Crippen LogP contribution in [0.4, 0.5) is 0 Å². The summed E-state index contributed by atoms with van der Waals surface area (Å²) in [7, 11) is -2.51. The number of hydrogen-bond donors (Lipinski definition) is 1. The van der Waals surface area contributed by atoms with Gasteiger partial charge in [0.1, 0.15) is 0 Å². The van der Waals surface area contributed by atoms with E-state index in [9.17, 15) is 5.11 Å². The summed E-state index contributed by atoms with van der Waals surface area (Å²) >= 11 is 0. The third-order valence-corrected chi connectivity index (χ3v) is 11.1. The van der Waals surface area contributed by atoms with Crippen LogP contribution in [-0.2, 0) is 4.43 Å². The smallest absolute Gasteiger partial charge is 0.261 e. The van der Waals surface area contributed by atoms with E-state index in [0.29, 0.717) is 13.0 Å². The third kappa shape index (κ3) is 7.62. The minimum Gasteiger partial charge on any atom is -0.407 e. The summed E-state index contributed by atoms with van der Waals surface area (Å²) in [6, 6.07) is 21.4. The highest BCUT2D eigenvalue weighted by Crippen LogP contribution is 2.36. The zero-order valence-corrected chi connectivity index (χ0v) is 21.6. The molecule has 1 atom stereocenters. The molecule has 0 fully saturated rings. The van der Waals surface area contributed by atoms with Crippen LogP contribution in [0.3, 0.4) is 0 Å². The van der Waals surface area contributed by atoms with Crippen LogP contribution < -0.4 is 10.4 Å². The molecule has 0 aliphatic heterocycles. The van der Waals surface area contributed by atoms with Crippen molar-refractivity contribution in [2.45, 2.75) is 90.2 Å². The first-order valence-corrected chi connectivity index (χ1v) is 14.2. The largest absolute Gasteiger partial charge is 0.407 e. The molecule has 1 unspecified atom stereocenters. The molecule has 0 saturated heterocycles. The number of benzene rings is 2. The van der Waals surface area contributed by atoms with Crippen LogP contribution in [0.2, 0.25) is 5.04 Å². The molecule has 0 radical (unpaired) electrons. The Morgan fingerprint density at radius 3 is 1.84 bits per heavy atom. The van der Waals surface area contributed by atoms with Crippen LogP contribution in [0.1, 0.15) is 79.1 Å². The van der Waals surface area contributed by atoms with Crippen molar-refractivity contribution < 1.29 is 9.53 Å². The lowest BCUT2D eigenvalue weighted by Gasteiger charge is -2.43. The first-order chi connectivity index (χ1) is 15.4. The first-order valence-electron chi connectivity index (χ1n) is 12.3. The maximum absolute atomic E-state index is 10.6. The molecule has 0 heterocycles. The van der Waals surface area contributed by atoms with Gasteiger partial charge in [0.25, 0.3) is 8.32 Å². The summed E-state index contributed by atoms with van der Waals surface area (Å²) in [5.74, 6) is 6.50. The molecule has 0 amide bonds. The zero-order chi connectivity index (χ0) is 23.3. The van der Waals surface area contributed by atoms with Gasteiger partial charge >= 0.3 is 0 Å². The molecular weight excluding hydrogens is 408 g/mol. The van der Waals surface area contributed by atoms with Crippen LogP contribution in [0.25, 0.3) is 0 Å². The van der Waals surface area contributed by atoms with Gasteiger partial charge < -0.3 is 9.53 Å². The van der Waals surface area contributed by atoms with Crippen molar-refractivity contribution in [3.8, 4) is 11.8 Å². The van der Waals surface area contributed by atoms with Gasteiger partial charge in [0.2, 0.25) is 0 Å². The Morgan fingerprint density at radius 2 is 1.34 bits per heavy atom. The predicted octanol–water partition coefficient (Wildman–Crippen LogP) is 6.07. The molecule has 1 N–H and O–H groups in total. The lowest BCUT2D eigenvalue weighted by molar-refractivity contribution is 0.126. The number of unbranched alkanes of at least 4 members (excludes halogenated alkanes) is 4. The van der Waals surface area contributed by atoms with Gasteiger partial charge in [0, 0.05) is 19.4 Å². The molecule has 0 aliphatic carbocycles. The Bertz CT molecular complexity index is 775. The molecule has 2 aromatic rings. The lowest BCUT2D eigenvalue weighted by atomic mass is 10.1. The van der Waals surface area contributed by atoms with E-state index in [1.54, 1.807) is 0 Å². The van der Waals surface area contributed by atoms with Crippen molar-refractivity contribution in [3.63, 3.8) is 0 Å². The average molecular weight is 451 g/mol. The van der Waals surface area contributed by atoms with Crippen molar-refractivity contribution in [2.75, 3.05) is 6.61 Å². The molecule has 3 heteroatoms. The molecule has 2 aromatic carbocycles. The van der Waals surface area contributed by atoms with Crippen LogP contribution >= 0.6 is 0 Å². The highest BCUT2D eigenvalue weighted by molar-refractivity contribution is 6.99. The standard InChI is InChI=1S/C29H42O2Si/c1-5-6-7-8-9-10-11-14-19-26(30)24-25-31-32(29(2,3)4,27-20-15-12-16-21-27)28-22-17-13-18-23-28/h12-13,15-18,20-23,26,30H,5-7,10-11,14,19,24-25H2,1-4H3. The van der Waals surface area contributed by atoms with Gasteiger partial charge in [-0.1, -0.05) is 94.8 Å². The molecule has 2 rings (SSSR count). The average Bonchev–Trinajstić information content (AvgIpc) is 2.79. The van der Waals surface area contributed by atoms with Crippen molar-refractivity contribution in [1.29, 1.82) is 0 Å². The highest BCUT2D eigenvalue weighted by Gasteiger charge is 2.50. The first kappa shape index (κ1) is 26.4. The minimum atomic E-state index is -2.51. The van der Waals surface area contributed by atoms with Gasteiger partial charge in [-0.3, -0.25) is 0 Å². The van der Waals surface area contributed by atoms with Crippen LogP contribution in [0.15, 0.2) is 60.7 Å². The Balaban J connectivity index is 1.99. The van der Waals surface area contributed by atoms with Gasteiger partial charge in [0.15, 0.2) is 0 Å². The molecule has 0 aliphatic rings. The van der Waals surface area contributed by atoms with Crippen LogP contribution in [-0.4, -0.2) is 26.1 Å². The summed E-state index contributed by atoms with van der Waals surface area (Å²) in [5, 5.41) is 13.1. The monoisotopic (exact) mass is 450 g/mol. The molecule has 32 heavy (non-hydrogen) atoms. The Morgan fingerprint density at radius 1 is 0.812 bits per heavy atom. The number of hydrogen-bond acceptors (Lipinski definition) is 2. The fraction of sp³-hybridized carbons (Fsp3) is 0.517. The number of aliphatic hydroxyl groups excluding tert-OH is 1. The second-order valence-electron chi connectivity index (χ2n) is 9.66. The normalized spacial score (nSPS) is 12.8. The van der Waals surface area contributed by atoms with Crippen LogP contribution in [0.5, 0.6) is 0 Å². The Hall–Kier alpha value is -1.86. The minimum absolute atomic E-state index is 0.0307. The number of rotatable bonds is 12. The van der Waals surface area contributed by atoms with E-state index in [2.05, 4.69) is 100 Å². The molecular formula is C29H42O2Si. The quantitative estimate of drug-likeness (QED) is 0.242. The van der Waals surface area contributed by atoms with Gasteiger partial charge in [-0.2, -0.15) is 0 Å². The maximum atomic E-state index is 10.6. The Kier molecular flexibility index (Phi) is 11.2. The van der Waals surface area contributed by atoms with Gasteiger partial charge in [-0.15, -0.1) is 11.8 Å². The zero-order valence-electron chi connectivity index (χ0n) is 20.6. The SMILES string of the molecule is CCCCC#CCCCCC(O)CCO[Si](c1ccccc1)(c1ccccc1)C(C)(C)C. The second-order valence-corrected chi connectivity index (χ2v) is 14.0. The summed E-state index contributed by atoms with van der Waals surface area (Å²) in [6.45, 7) is 9.64. The van der Waals surface area contributed by atoms with Crippen molar-refractivity contribution in [1.82, 2.24) is 0 Å². The van der Waals surface area contributed by atoms with E-state index >= 15 is 0 Å². The van der Waals surface area contributed by atoms with E-state index in [1.165, 1.54) is 23.2 Å². The lowest BCUT2D eigenvalue weighted by Crippen LogP contribution is -2.66. The highest BCUT2D eigenvalue weighted by atomic mass is 28.4. The third-order valence-electron chi connectivity index (χ3n) is 6.06. The summed E-state index contributed by atoms with van der Waals surface area (Å²) in [4.78, 5) is 0. The van der Waals surface area contributed by atoms with Gasteiger partial charge in [-0.05, 0) is 47.5 Å². The molecule has 0 saturated carbocycles. The maximum Gasteiger partial charge on any atom is 0.261 e. The Labute approximate surface area is 197 Å². The van der Waals surface area contributed by atoms with E-state index in [4.69, 9.17) is 4.43 Å². The molecule has 0 aromatic heterocycles. The van der Waals surface area contributed by atoms with Crippen LogP contribution in [0, 0.1) is 11.8 Å². The number of aliphatic hydroxyl groups is 1. The van der Waals surface area contributed by atoms with Crippen molar-refractivity contribution in [2.24, 2.45) is 0 Å². The van der Waals surface area contributed by atoms with E-state index < -0.39 is 8.32 Å². The van der Waals surface area contributed by atoms with E-state index in [-0.39, 0.29) is 11.1 Å². The fourth-order valence-corrected chi connectivity index (χ4v) is 8.87. The molecule has 2 nitrogen and oxygen atoms in total. The summed E-state index contributed by atoms with van der Waals surface area (Å²) in [6.07, 6.45) is 7.60. The van der Waals surface area contributed by atoms with Gasteiger partial charge in [-0.25, -0.2) is 0 Å². The fourth-order valence-electron chi connectivity index (χ4n) is 4.29. The molecule has 174 valence electrons. The molecule has 0 bridgehead atoms. The topological polar surface area (TPSA) is 29.5 Å². The predicted molar refractivity (Wildman–Crippen MR) is 140 cm³/mol. The summed E-state index contributed by atoms with van der Waals surface area (Å²) in [5.41, 5.74) is 0. The van der Waals surface area contributed by atoms with Gasteiger partial charge in [0.05, 0.1) is 6.10 Å². The van der Waals surface area contributed by atoms with Crippen molar-refractivity contribution >= 4 is 18.7 Å². The second kappa shape index (κ2) is 13.6. The van der Waals surface area contributed by atoms with E-state index in [1.807, 2.05) is 0 Å². The van der Waals surface area contributed by atoms with E-state index in [0.717, 1.165) is 32.1 Å². The van der Waals surface area contributed by atoms with Crippen molar-refractivity contribution in [3.05, 3.63) is 60.7 Å².